The average Bonchev–Trinajstić information content (AvgIpc) is 2.57. The Morgan fingerprint density at radius 3 is 2.65 bits per heavy atom. The molecular formula is C19H23NO3. The zero-order valence-corrected chi connectivity index (χ0v) is 13.6. The van der Waals surface area contributed by atoms with E-state index in [4.69, 9.17) is 9.47 Å². The Labute approximate surface area is 137 Å². The van der Waals surface area contributed by atoms with Crippen molar-refractivity contribution < 1.29 is 14.3 Å². The third-order valence-corrected chi connectivity index (χ3v) is 3.37. The van der Waals surface area contributed by atoms with Crippen LogP contribution in [0.15, 0.2) is 54.6 Å². The minimum atomic E-state index is -0.492. The van der Waals surface area contributed by atoms with Crippen LogP contribution in [0.3, 0.4) is 0 Å². The van der Waals surface area contributed by atoms with Crippen LogP contribution in [-0.2, 0) is 16.1 Å². The number of nitrogens with one attached hydrogen (secondary N) is 1. The molecule has 0 aliphatic heterocycles. The number of carbonyl (C=O) groups excluding carboxylic acids is 1. The van der Waals surface area contributed by atoms with Crippen LogP contribution in [-0.4, -0.2) is 25.2 Å². The smallest absolute Gasteiger partial charge is 0.248 e. The second-order valence-corrected chi connectivity index (χ2v) is 5.39. The Balaban J connectivity index is 1.64. The van der Waals surface area contributed by atoms with Crippen molar-refractivity contribution in [3.8, 4) is 5.75 Å². The molecule has 2 rings (SSSR count). The van der Waals surface area contributed by atoms with Gasteiger partial charge in [0.1, 0.15) is 18.5 Å². The molecule has 1 atom stereocenters. The maximum Gasteiger partial charge on any atom is 0.248 e. The quantitative estimate of drug-likeness (QED) is 0.762. The van der Waals surface area contributed by atoms with E-state index in [1.165, 1.54) is 0 Å². The lowest BCUT2D eigenvalue weighted by molar-refractivity contribution is -0.132. The molecule has 0 unspecified atom stereocenters. The van der Waals surface area contributed by atoms with Gasteiger partial charge < -0.3 is 14.8 Å². The summed E-state index contributed by atoms with van der Waals surface area (Å²) in [5.41, 5.74) is 2.20. The normalized spacial score (nSPS) is 11.7. The lowest BCUT2D eigenvalue weighted by atomic mass is 10.2. The van der Waals surface area contributed by atoms with Gasteiger partial charge in [-0.1, -0.05) is 42.5 Å². The Hall–Kier alpha value is -2.33. The zero-order chi connectivity index (χ0) is 16.5. The number of carbonyl (C=O) groups is 1. The Morgan fingerprint density at radius 2 is 1.91 bits per heavy atom. The van der Waals surface area contributed by atoms with Gasteiger partial charge >= 0.3 is 0 Å². The fourth-order valence-electron chi connectivity index (χ4n) is 2.06. The van der Waals surface area contributed by atoms with Crippen molar-refractivity contribution in [2.45, 2.75) is 26.6 Å². The topological polar surface area (TPSA) is 47.6 Å². The molecule has 0 fully saturated rings. The molecule has 1 amide bonds. The minimum Gasteiger partial charge on any atom is -0.492 e. The van der Waals surface area contributed by atoms with Crippen molar-refractivity contribution in [3.05, 3.63) is 65.7 Å². The van der Waals surface area contributed by atoms with Gasteiger partial charge in [0.25, 0.3) is 0 Å². The predicted molar refractivity (Wildman–Crippen MR) is 90.4 cm³/mol. The molecule has 4 nitrogen and oxygen atoms in total. The van der Waals surface area contributed by atoms with Gasteiger partial charge in [-0.15, -0.1) is 0 Å². The van der Waals surface area contributed by atoms with Crippen LogP contribution in [0, 0.1) is 6.92 Å². The zero-order valence-electron chi connectivity index (χ0n) is 13.6. The minimum absolute atomic E-state index is 0.131. The summed E-state index contributed by atoms with van der Waals surface area (Å²) in [5, 5.41) is 2.81. The van der Waals surface area contributed by atoms with Crippen molar-refractivity contribution >= 4 is 5.91 Å². The highest BCUT2D eigenvalue weighted by molar-refractivity contribution is 5.80. The molecule has 0 radical (unpaired) electrons. The number of hydrogen-bond acceptors (Lipinski definition) is 3. The van der Waals surface area contributed by atoms with Crippen LogP contribution in [0.4, 0.5) is 0 Å². The first-order chi connectivity index (χ1) is 11.1. The molecule has 0 aliphatic rings. The Bertz CT molecular complexity index is 613. The van der Waals surface area contributed by atoms with Crippen molar-refractivity contribution in [2.24, 2.45) is 0 Å². The number of aryl methyl sites for hydroxylation is 1. The molecule has 0 saturated carbocycles. The lowest BCUT2D eigenvalue weighted by Gasteiger charge is -2.14. The van der Waals surface area contributed by atoms with Gasteiger partial charge in [-0.2, -0.15) is 0 Å². The fourth-order valence-corrected chi connectivity index (χ4v) is 2.06. The van der Waals surface area contributed by atoms with E-state index in [2.05, 4.69) is 5.32 Å². The average molecular weight is 313 g/mol. The van der Waals surface area contributed by atoms with E-state index in [0.717, 1.165) is 16.9 Å². The number of amides is 1. The number of ether oxygens (including phenoxy) is 2. The molecule has 122 valence electrons. The summed E-state index contributed by atoms with van der Waals surface area (Å²) >= 11 is 0. The van der Waals surface area contributed by atoms with Crippen LogP contribution in [0.5, 0.6) is 5.75 Å². The van der Waals surface area contributed by atoms with E-state index in [1.807, 2.05) is 61.5 Å². The Morgan fingerprint density at radius 1 is 1.13 bits per heavy atom. The maximum atomic E-state index is 11.9. The first-order valence-electron chi connectivity index (χ1n) is 7.78. The van der Waals surface area contributed by atoms with Gasteiger partial charge in [-0.25, -0.2) is 0 Å². The van der Waals surface area contributed by atoms with E-state index >= 15 is 0 Å². The van der Waals surface area contributed by atoms with E-state index in [0.29, 0.717) is 19.8 Å². The summed E-state index contributed by atoms with van der Waals surface area (Å²) in [5.74, 6) is 0.682. The molecule has 0 bridgehead atoms. The lowest BCUT2D eigenvalue weighted by Crippen LogP contribution is -2.36. The summed E-state index contributed by atoms with van der Waals surface area (Å²) in [6.45, 7) is 5.07. The van der Waals surface area contributed by atoms with Crippen LogP contribution in [0.25, 0.3) is 0 Å². The highest BCUT2D eigenvalue weighted by atomic mass is 16.5. The van der Waals surface area contributed by atoms with E-state index in [1.54, 1.807) is 6.92 Å². The number of hydrogen-bond donors (Lipinski definition) is 1. The summed E-state index contributed by atoms with van der Waals surface area (Å²) in [6, 6.07) is 17.6. The molecule has 0 aromatic heterocycles. The highest BCUT2D eigenvalue weighted by Crippen LogP contribution is 2.11. The third-order valence-electron chi connectivity index (χ3n) is 3.37. The van der Waals surface area contributed by atoms with Crippen molar-refractivity contribution in [1.29, 1.82) is 0 Å². The maximum absolute atomic E-state index is 11.9. The Kier molecular flexibility index (Phi) is 6.63. The van der Waals surface area contributed by atoms with Crippen molar-refractivity contribution in [3.63, 3.8) is 0 Å². The van der Waals surface area contributed by atoms with Gasteiger partial charge in [0.15, 0.2) is 0 Å². The van der Waals surface area contributed by atoms with Gasteiger partial charge in [0.05, 0.1) is 13.2 Å². The van der Waals surface area contributed by atoms with Gasteiger partial charge in [-0.05, 0) is 37.1 Å². The van der Waals surface area contributed by atoms with Crippen molar-refractivity contribution in [2.75, 3.05) is 13.2 Å². The van der Waals surface area contributed by atoms with Crippen molar-refractivity contribution in [1.82, 2.24) is 5.32 Å². The molecule has 0 saturated heterocycles. The monoisotopic (exact) mass is 313 g/mol. The third kappa shape index (κ3) is 6.12. The summed E-state index contributed by atoms with van der Waals surface area (Å²) in [6.07, 6.45) is -0.492. The molecule has 4 heteroatoms. The van der Waals surface area contributed by atoms with Gasteiger partial charge in [-0.3, -0.25) is 4.79 Å². The SMILES string of the molecule is Cc1cccc(OCCNC(=O)[C@@H](C)OCc2ccccc2)c1. The second kappa shape index (κ2) is 8.96. The van der Waals surface area contributed by atoms with Crippen LogP contribution < -0.4 is 10.1 Å². The van der Waals surface area contributed by atoms with Gasteiger partial charge in [0, 0.05) is 0 Å². The standard InChI is InChI=1S/C19H23NO3/c1-15-7-6-10-18(13-15)22-12-11-20-19(21)16(2)23-14-17-8-4-3-5-9-17/h3-10,13,16H,11-12,14H2,1-2H3,(H,20,21)/t16-/m1/s1. The molecular weight excluding hydrogens is 290 g/mol. The largest absolute Gasteiger partial charge is 0.492 e. The molecule has 2 aromatic rings. The fraction of sp³-hybridized carbons (Fsp3) is 0.316. The van der Waals surface area contributed by atoms with E-state index < -0.39 is 6.10 Å². The van der Waals surface area contributed by atoms with Crippen LogP contribution in [0.2, 0.25) is 0 Å². The van der Waals surface area contributed by atoms with Crippen LogP contribution in [0.1, 0.15) is 18.1 Å². The predicted octanol–water partition coefficient (Wildman–Crippen LogP) is 3.10. The summed E-state index contributed by atoms with van der Waals surface area (Å²) in [4.78, 5) is 11.9. The number of rotatable bonds is 8. The van der Waals surface area contributed by atoms with Gasteiger partial charge in [0.2, 0.25) is 5.91 Å². The summed E-state index contributed by atoms with van der Waals surface area (Å²) in [7, 11) is 0. The first-order valence-corrected chi connectivity index (χ1v) is 7.78. The second-order valence-electron chi connectivity index (χ2n) is 5.39. The van der Waals surface area contributed by atoms with E-state index in [9.17, 15) is 4.79 Å². The molecule has 0 heterocycles. The van der Waals surface area contributed by atoms with E-state index in [-0.39, 0.29) is 5.91 Å². The molecule has 0 spiro atoms. The molecule has 0 aliphatic carbocycles. The summed E-state index contributed by atoms with van der Waals surface area (Å²) < 4.78 is 11.2. The number of benzene rings is 2. The van der Waals surface area contributed by atoms with Crippen LogP contribution >= 0.6 is 0 Å². The molecule has 1 N–H and O–H groups in total. The highest BCUT2D eigenvalue weighted by Gasteiger charge is 2.12. The first kappa shape index (κ1) is 17.0. The molecule has 23 heavy (non-hydrogen) atoms. The molecule has 2 aromatic carbocycles.